The van der Waals surface area contributed by atoms with Gasteiger partial charge in [-0.05, 0) is 42.7 Å². The van der Waals surface area contributed by atoms with Crippen LogP contribution in [0.1, 0.15) is 41.3 Å². The summed E-state index contributed by atoms with van der Waals surface area (Å²) in [5.41, 5.74) is 1.89. The molecule has 25 heavy (non-hydrogen) atoms. The minimum absolute atomic E-state index is 0.159. The lowest BCUT2D eigenvalue weighted by Crippen LogP contribution is -2.37. The Bertz CT molecular complexity index is 764. The fourth-order valence-electron chi connectivity index (χ4n) is 2.26. The quantitative estimate of drug-likeness (QED) is 0.822. The molecule has 0 fully saturated rings. The maximum absolute atomic E-state index is 12.1. The molecule has 5 heteroatoms. The number of benzene rings is 2. The highest BCUT2D eigenvalue weighted by molar-refractivity contribution is 5.92. The molecule has 0 bridgehead atoms. The van der Waals surface area contributed by atoms with Crippen molar-refractivity contribution < 1.29 is 14.3 Å². The van der Waals surface area contributed by atoms with Gasteiger partial charge in [0.15, 0.2) is 6.10 Å². The molecule has 0 aliphatic carbocycles. The van der Waals surface area contributed by atoms with E-state index in [9.17, 15) is 9.59 Å². The Morgan fingerprint density at radius 2 is 1.72 bits per heavy atom. The van der Waals surface area contributed by atoms with E-state index < -0.39 is 12.1 Å². The maximum Gasteiger partial charge on any atom is 0.338 e. The van der Waals surface area contributed by atoms with Gasteiger partial charge in [-0.2, -0.15) is 5.26 Å². The van der Waals surface area contributed by atoms with E-state index in [-0.39, 0.29) is 11.8 Å². The first kappa shape index (κ1) is 18.2. The molecule has 0 heterocycles. The van der Waals surface area contributed by atoms with Gasteiger partial charge in [-0.25, -0.2) is 4.79 Å². The average Bonchev–Trinajstić information content (AvgIpc) is 2.66. The molecule has 0 saturated carbocycles. The first-order valence-corrected chi connectivity index (χ1v) is 8.05. The van der Waals surface area contributed by atoms with Crippen LogP contribution in [0.15, 0.2) is 54.6 Å². The number of hydrogen-bond acceptors (Lipinski definition) is 4. The summed E-state index contributed by atoms with van der Waals surface area (Å²) >= 11 is 0. The molecule has 5 nitrogen and oxygen atoms in total. The van der Waals surface area contributed by atoms with Gasteiger partial charge in [-0.15, -0.1) is 0 Å². The van der Waals surface area contributed by atoms with Crippen molar-refractivity contribution in [2.75, 3.05) is 6.54 Å². The average molecular weight is 336 g/mol. The number of nitrogens with one attached hydrogen (secondary N) is 1. The minimum atomic E-state index is -0.897. The highest BCUT2D eigenvalue weighted by Crippen LogP contribution is 2.13. The lowest BCUT2D eigenvalue weighted by Gasteiger charge is -2.16. The predicted octanol–water partition coefficient (Wildman–Crippen LogP) is 3.02. The first-order chi connectivity index (χ1) is 12.0. The van der Waals surface area contributed by atoms with E-state index >= 15 is 0 Å². The van der Waals surface area contributed by atoms with Gasteiger partial charge < -0.3 is 10.1 Å². The van der Waals surface area contributed by atoms with E-state index in [1.54, 1.807) is 0 Å². The topological polar surface area (TPSA) is 79.2 Å². The summed E-state index contributed by atoms with van der Waals surface area (Å²) in [6.07, 6.45) is -0.897. The van der Waals surface area contributed by atoms with Crippen LogP contribution >= 0.6 is 0 Å². The number of esters is 1. The number of amides is 1. The van der Waals surface area contributed by atoms with Gasteiger partial charge in [0.05, 0.1) is 17.2 Å². The number of nitrogens with zero attached hydrogens (tertiary/aromatic N) is 1. The van der Waals surface area contributed by atoms with E-state index in [1.807, 2.05) is 43.3 Å². The molecule has 2 atom stereocenters. The molecule has 0 saturated heterocycles. The Morgan fingerprint density at radius 1 is 1.08 bits per heavy atom. The summed E-state index contributed by atoms with van der Waals surface area (Å²) in [6.45, 7) is 4.01. The van der Waals surface area contributed by atoms with E-state index in [2.05, 4.69) is 5.32 Å². The Kier molecular flexibility index (Phi) is 6.30. The van der Waals surface area contributed by atoms with Crippen LogP contribution in [-0.4, -0.2) is 24.5 Å². The van der Waals surface area contributed by atoms with Crippen LogP contribution in [0.3, 0.4) is 0 Å². The van der Waals surface area contributed by atoms with Gasteiger partial charge in [0.1, 0.15) is 0 Å². The molecular formula is C20H20N2O3. The lowest BCUT2D eigenvalue weighted by atomic mass is 10.0. The van der Waals surface area contributed by atoms with E-state index in [4.69, 9.17) is 10.00 Å². The van der Waals surface area contributed by atoms with Gasteiger partial charge in [0.2, 0.25) is 0 Å². The molecule has 0 radical (unpaired) electrons. The van der Waals surface area contributed by atoms with Crippen LogP contribution in [0.25, 0.3) is 0 Å². The molecular weight excluding hydrogens is 316 g/mol. The third-order valence-corrected chi connectivity index (χ3v) is 3.85. The highest BCUT2D eigenvalue weighted by atomic mass is 16.5. The van der Waals surface area contributed by atoms with E-state index in [0.717, 1.165) is 5.56 Å². The molecule has 128 valence electrons. The van der Waals surface area contributed by atoms with Crippen LogP contribution in [0.2, 0.25) is 0 Å². The molecule has 1 N–H and O–H groups in total. The van der Waals surface area contributed by atoms with Gasteiger partial charge in [-0.3, -0.25) is 4.79 Å². The zero-order valence-corrected chi connectivity index (χ0v) is 14.2. The monoisotopic (exact) mass is 336 g/mol. The van der Waals surface area contributed by atoms with E-state index in [1.165, 1.54) is 31.2 Å². The van der Waals surface area contributed by atoms with Crippen molar-refractivity contribution in [2.24, 2.45) is 0 Å². The Morgan fingerprint density at radius 3 is 2.32 bits per heavy atom. The molecule has 0 aliphatic heterocycles. The maximum atomic E-state index is 12.1. The SMILES string of the molecule is C[C@H](OC(=O)c1ccc(C#N)cc1)C(=O)NC[C@H](C)c1ccccc1. The summed E-state index contributed by atoms with van der Waals surface area (Å²) in [4.78, 5) is 24.1. The Labute approximate surface area is 147 Å². The second-order valence-electron chi connectivity index (χ2n) is 5.79. The number of carbonyl (C=O) groups is 2. The molecule has 1 amide bonds. The zero-order valence-electron chi connectivity index (χ0n) is 14.2. The third-order valence-electron chi connectivity index (χ3n) is 3.85. The lowest BCUT2D eigenvalue weighted by molar-refractivity contribution is -0.129. The van der Waals surface area contributed by atoms with E-state index in [0.29, 0.717) is 17.7 Å². The number of ether oxygens (including phenoxy) is 1. The molecule has 2 rings (SSSR count). The Hall–Kier alpha value is -3.13. The predicted molar refractivity (Wildman–Crippen MR) is 93.9 cm³/mol. The van der Waals surface area contributed by atoms with Gasteiger partial charge in [0.25, 0.3) is 5.91 Å². The summed E-state index contributed by atoms with van der Waals surface area (Å²) in [7, 11) is 0. The van der Waals surface area contributed by atoms with Crippen molar-refractivity contribution in [3.63, 3.8) is 0 Å². The molecule has 0 spiro atoms. The van der Waals surface area contributed by atoms with Crippen LogP contribution < -0.4 is 5.32 Å². The van der Waals surface area contributed by atoms with Crippen LogP contribution in [0, 0.1) is 11.3 Å². The van der Waals surface area contributed by atoms with Crippen molar-refractivity contribution >= 4 is 11.9 Å². The van der Waals surface area contributed by atoms with Crippen LogP contribution in [-0.2, 0) is 9.53 Å². The largest absolute Gasteiger partial charge is 0.449 e. The summed E-state index contributed by atoms with van der Waals surface area (Å²) < 4.78 is 5.18. The van der Waals surface area contributed by atoms with Crippen molar-refractivity contribution in [3.8, 4) is 6.07 Å². The molecule has 2 aromatic rings. The zero-order chi connectivity index (χ0) is 18.2. The van der Waals surface area contributed by atoms with Crippen LogP contribution in [0.4, 0.5) is 0 Å². The van der Waals surface area contributed by atoms with Gasteiger partial charge in [-0.1, -0.05) is 37.3 Å². The van der Waals surface area contributed by atoms with Crippen molar-refractivity contribution in [2.45, 2.75) is 25.9 Å². The molecule has 0 aliphatic rings. The number of rotatable bonds is 6. The Balaban J connectivity index is 1.85. The summed E-state index contributed by atoms with van der Waals surface area (Å²) in [6, 6.07) is 17.9. The summed E-state index contributed by atoms with van der Waals surface area (Å²) in [5, 5.41) is 11.5. The second kappa shape index (κ2) is 8.65. The first-order valence-electron chi connectivity index (χ1n) is 8.05. The molecule has 0 unspecified atom stereocenters. The molecule has 0 aromatic heterocycles. The van der Waals surface area contributed by atoms with Crippen LogP contribution in [0.5, 0.6) is 0 Å². The standard InChI is InChI=1S/C20H20N2O3/c1-14(17-6-4-3-5-7-17)13-22-19(23)15(2)25-20(24)18-10-8-16(12-21)9-11-18/h3-11,14-15H,13H2,1-2H3,(H,22,23)/t14-,15-/m0/s1. The minimum Gasteiger partial charge on any atom is -0.449 e. The molecule has 2 aromatic carbocycles. The highest BCUT2D eigenvalue weighted by Gasteiger charge is 2.19. The third kappa shape index (κ3) is 5.18. The number of hydrogen-bond donors (Lipinski definition) is 1. The smallest absolute Gasteiger partial charge is 0.338 e. The van der Waals surface area contributed by atoms with Gasteiger partial charge in [0, 0.05) is 6.54 Å². The van der Waals surface area contributed by atoms with Crippen molar-refractivity contribution in [3.05, 3.63) is 71.3 Å². The van der Waals surface area contributed by atoms with Gasteiger partial charge >= 0.3 is 5.97 Å². The second-order valence-corrected chi connectivity index (χ2v) is 5.79. The number of nitriles is 1. The normalized spacial score (nSPS) is 12.5. The fourth-order valence-corrected chi connectivity index (χ4v) is 2.26. The number of carbonyl (C=O) groups excluding carboxylic acids is 2. The fraction of sp³-hybridized carbons (Fsp3) is 0.250. The summed E-state index contributed by atoms with van der Waals surface area (Å²) in [5.74, 6) is -0.778. The van der Waals surface area contributed by atoms with Crippen molar-refractivity contribution in [1.82, 2.24) is 5.32 Å². The van der Waals surface area contributed by atoms with Crippen molar-refractivity contribution in [1.29, 1.82) is 5.26 Å².